The lowest BCUT2D eigenvalue weighted by Gasteiger charge is -2.27. The van der Waals surface area contributed by atoms with E-state index in [-0.39, 0.29) is 0 Å². The monoisotopic (exact) mass is 293 g/mol. The van der Waals surface area contributed by atoms with Gasteiger partial charge in [-0.3, -0.25) is 0 Å². The van der Waals surface area contributed by atoms with Crippen molar-refractivity contribution in [1.29, 1.82) is 0 Å². The van der Waals surface area contributed by atoms with E-state index < -0.39 is 30.1 Å². The van der Waals surface area contributed by atoms with Crippen LogP contribution in [0.1, 0.15) is 20.1 Å². The number of fused-ring (bicyclic) bond motifs is 1. The van der Waals surface area contributed by atoms with Gasteiger partial charge in [0.2, 0.25) is 0 Å². The van der Waals surface area contributed by atoms with Crippen molar-refractivity contribution in [2.24, 2.45) is 0 Å². The summed E-state index contributed by atoms with van der Waals surface area (Å²) in [6.07, 6.45) is -0.579. The van der Waals surface area contributed by atoms with Gasteiger partial charge in [-0.1, -0.05) is 0 Å². The quantitative estimate of drug-likeness (QED) is 0.620. The Bertz CT molecular complexity index is 667. The molecule has 1 saturated heterocycles. The Labute approximate surface area is 121 Å². The number of hydrogen-bond acceptors (Lipinski definition) is 6. The van der Waals surface area contributed by atoms with Crippen molar-refractivity contribution in [3.8, 4) is 0 Å². The van der Waals surface area contributed by atoms with Crippen molar-refractivity contribution in [3.05, 3.63) is 24.5 Å². The number of rotatable bonds is 2. The van der Waals surface area contributed by atoms with Crippen molar-refractivity contribution >= 4 is 16.7 Å². The van der Waals surface area contributed by atoms with Crippen LogP contribution >= 0.6 is 0 Å². The number of anilines is 1. The van der Waals surface area contributed by atoms with Crippen LogP contribution in [0, 0.1) is 0 Å². The molecule has 0 aromatic carbocycles. The molecule has 0 radical (unpaired) electrons. The van der Waals surface area contributed by atoms with Gasteiger partial charge in [0.05, 0.1) is 6.10 Å². The van der Waals surface area contributed by atoms with Gasteiger partial charge in [-0.15, -0.1) is 0 Å². The molecule has 1 aliphatic rings. The molecule has 5 N–H and O–H groups in total. The van der Waals surface area contributed by atoms with Gasteiger partial charge in [0.15, 0.2) is 6.23 Å². The van der Waals surface area contributed by atoms with Crippen molar-refractivity contribution in [3.63, 3.8) is 0 Å². The number of hydrogen-bond donors (Lipinski definition) is 4. The highest BCUT2D eigenvalue weighted by Gasteiger charge is 2.54. The lowest BCUT2D eigenvalue weighted by molar-refractivity contribution is -0.0985. The highest BCUT2D eigenvalue weighted by molar-refractivity contribution is 5.88. The molecule has 7 nitrogen and oxygen atoms in total. The molecule has 0 saturated carbocycles. The number of aliphatic hydroxyl groups excluding tert-OH is 2. The van der Waals surface area contributed by atoms with E-state index in [4.69, 9.17) is 10.5 Å². The maximum Gasteiger partial charge on any atom is 0.167 e. The summed E-state index contributed by atoms with van der Waals surface area (Å²) in [5, 5.41) is 31.2. The summed E-state index contributed by atoms with van der Waals surface area (Å²) in [7, 11) is 0. The van der Waals surface area contributed by atoms with E-state index in [0.717, 1.165) is 5.39 Å². The van der Waals surface area contributed by atoms with E-state index in [9.17, 15) is 15.3 Å². The Kier molecular flexibility index (Phi) is 3.18. The normalized spacial score (nSPS) is 34.4. The van der Waals surface area contributed by atoms with Crippen LogP contribution in [0.4, 0.5) is 5.69 Å². The number of ether oxygens (including phenoxy) is 1. The topological polar surface area (TPSA) is 114 Å². The van der Waals surface area contributed by atoms with Gasteiger partial charge in [-0.2, -0.15) is 0 Å². The number of aliphatic hydroxyl groups is 3. The second-order valence-corrected chi connectivity index (χ2v) is 5.72. The lowest BCUT2D eigenvalue weighted by atomic mass is 9.94. The second kappa shape index (κ2) is 4.67. The van der Waals surface area contributed by atoms with Crippen molar-refractivity contribution in [1.82, 2.24) is 9.55 Å². The van der Waals surface area contributed by atoms with Gasteiger partial charge in [0.1, 0.15) is 23.5 Å². The fourth-order valence-corrected chi connectivity index (χ4v) is 2.83. The van der Waals surface area contributed by atoms with Crippen LogP contribution in [-0.4, -0.2) is 48.8 Å². The van der Waals surface area contributed by atoms with Gasteiger partial charge < -0.3 is 30.4 Å². The van der Waals surface area contributed by atoms with Gasteiger partial charge in [0.25, 0.3) is 0 Å². The minimum Gasteiger partial charge on any atom is -0.398 e. The Morgan fingerprint density at radius 2 is 2.19 bits per heavy atom. The maximum absolute atomic E-state index is 10.6. The van der Waals surface area contributed by atoms with Crippen molar-refractivity contribution in [2.45, 2.75) is 44.0 Å². The second-order valence-electron chi connectivity index (χ2n) is 5.72. The molecule has 3 heterocycles. The van der Waals surface area contributed by atoms with Crippen LogP contribution in [0.15, 0.2) is 24.5 Å². The van der Waals surface area contributed by atoms with E-state index in [0.29, 0.717) is 11.3 Å². The summed E-state index contributed by atoms with van der Waals surface area (Å²) in [6.45, 7) is 2.99. The molecule has 2 aromatic heterocycles. The Morgan fingerprint density at radius 1 is 1.48 bits per heavy atom. The lowest BCUT2D eigenvalue weighted by Crippen LogP contribution is -2.45. The molecule has 0 spiro atoms. The Morgan fingerprint density at radius 3 is 2.81 bits per heavy atom. The molecule has 0 bridgehead atoms. The summed E-state index contributed by atoms with van der Waals surface area (Å²) in [5.41, 5.74) is 5.46. The number of nitrogen functional groups attached to an aromatic ring is 1. The smallest absolute Gasteiger partial charge is 0.167 e. The number of pyridine rings is 1. The van der Waals surface area contributed by atoms with Gasteiger partial charge >= 0.3 is 0 Å². The number of nitrogens with zero attached hydrogens (tertiary/aromatic N) is 2. The van der Waals surface area contributed by atoms with Crippen LogP contribution in [-0.2, 0) is 4.74 Å². The molecule has 0 aliphatic carbocycles. The summed E-state index contributed by atoms with van der Waals surface area (Å²) < 4.78 is 7.30. The zero-order valence-electron chi connectivity index (χ0n) is 11.8. The van der Waals surface area contributed by atoms with Crippen LogP contribution in [0.5, 0.6) is 0 Å². The zero-order chi connectivity index (χ0) is 15.4. The number of aromatic nitrogens is 2. The first-order valence-electron chi connectivity index (χ1n) is 6.79. The molecule has 5 atom stereocenters. The Hall–Kier alpha value is -1.67. The first-order valence-corrected chi connectivity index (χ1v) is 6.79. The third-order valence-corrected chi connectivity index (χ3v) is 4.07. The highest BCUT2D eigenvalue weighted by Crippen LogP contribution is 2.41. The minimum atomic E-state index is -1.56. The average molecular weight is 293 g/mol. The first-order chi connectivity index (χ1) is 9.84. The fourth-order valence-electron chi connectivity index (χ4n) is 2.83. The molecule has 0 unspecified atom stereocenters. The molecule has 1 fully saturated rings. The SMILES string of the molecule is C[C@@H](O)[C@H]1O[C@@H](n2ccc3c(N)ccnc32)[C@](C)(O)[C@@H]1O. The van der Waals surface area contributed by atoms with Gasteiger partial charge in [-0.25, -0.2) is 4.98 Å². The standard InChI is InChI=1S/C14H19N3O4/c1-7(18)10-11(19)14(2,20)13(21-10)17-6-4-8-9(15)3-5-16-12(8)17/h3-7,10-11,13,18-20H,1-2H3,(H2,15,16)/t7-,10-,11-,13-,14-/m1/s1. The summed E-state index contributed by atoms with van der Waals surface area (Å²) in [4.78, 5) is 4.25. The average Bonchev–Trinajstić information content (AvgIpc) is 2.92. The maximum atomic E-state index is 10.6. The third kappa shape index (κ3) is 2.01. The van der Waals surface area contributed by atoms with E-state index in [1.165, 1.54) is 13.8 Å². The summed E-state index contributed by atoms with van der Waals surface area (Å²) in [5.74, 6) is 0. The van der Waals surface area contributed by atoms with Crippen molar-refractivity contribution < 1.29 is 20.1 Å². The van der Waals surface area contributed by atoms with E-state index >= 15 is 0 Å². The van der Waals surface area contributed by atoms with Crippen LogP contribution in [0.2, 0.25) is 0 Å². The molecule has 1 aliphatic heterocycles. The van der Waals surface area contributed by atoms with Crippen LogP contribution < -0.4 is 5.73 Å². The molecule has 3 rings (SSSR count). The van der Waals surface area contributed by atoms with Crippen molar-refractivity contribution in [2.75, 3.05) is 5.73 Å². The molecular weight excluding hydrogens is 274 g/mol. The molecule has 2 aromatic rings. The predicted molar refractivity (Wildman–Crippen MR) is 76.4 cm³/mol. The molecule has 21 heavy (non-hydrogen) atoms. The van der Waals surface area contributed by atoms with Gasteiger partial charge in [-0.05, 0) is 26.0 Å². The molecule has 0 amide bonds. The first kappa shape index (κ1) is 14.3. The fraction of sp³-hybridized carbons (Fsp3) is 0.500. The third-order valence-electron chi connectivity index (χ3n) is 4.07. The minimum absolute atomic E-state index is 0.554. The van der Waals surface area contributed by atoms with E-state index in [1.807, 2.05) is 0 Å². The molecular formula is C14H19N3O4. The predicted octanol–water partition coefficient (Wildman–Crippen LogP) is 0.00860. The van der Waals surface area contributed by atoms with E-state index in [1.54, 1.807) is 29.1 Å². The zero-order valence-corrected chi connectivity index (χ0v) is 11.8. The van der Waals surface area contributed by atoms with Crippen LogP contribution in [0.3, 0.4) is 0 Å². The van der Waals surface area contributed by atoms with Gasteiger partial charge in [0, 0.05) is 23.5 Å². The Balaban J connectivity index is 2.08. The summed E-state index contributed by atoms with van der Waals surface area (Å²) in [6, 6.07) is 3.47. The summed E-state index contributed by atoms with van der Waals surface area (Å²) >= 11 is 0. The molecule has 114 valence electrons. The highest BCUT2D eigenvalue weighted by atomic mass is 16.6. The molecule has 7 heteroatoms. The van der Waals surface area contributed by atoms with Crippen LogP contribution in [0.25, 0.3) is 11.0 Å². The largest absolute Gasteiger partial charge is 0.398 e. The number of nitrogens with two attached hydrogens (primary N) is 1. The van der Waals surface area contributed by atoms with E-state index in [2.05, 4.69) is 4.98 Å².